The van der Waals surface area contributed by atoms with E-state index in [-0.39, 0.29) is 37.3 Å². The third-order valence-electron chi connectivity index (χ3n) is 6.37. The predicted octanol–water partition coefficient (Wildman–Crippen LogP) is 2.36. The van der Waals surface area contributed by atoms with Crippen LogP contribution in [0.1, 0.15) is 35.4 Å². The lowest BCUT2D eigenvalue weighted by Crippen LogP contribution is -2.48. The second-order valence-electron chi connectivity index (χ2n) is 9.43. The second-order valence-corrected chi connectivity index (χ2v) is 9.43. The number of nitrogens with two attached hydrogens (primary N) is 1. The van der Waals surface area contributed by atoms with Gasteiger partial charge in [-0.25, -0.2) is 9.59 Å². The molecule has 1 atom stereocenters. The highest BCUT2D eigenvalue weighted by molar-refractivity contribution is 5.95. The molecule has 5 amide bonds. The van der Waals surface area contributed by atoms with Crippen molar-refractivity contribution in [1.29, 1.82) is 0 Å². The number of urea groups is 1. The Labute approximate surface area is 250 Å². The molecule has 0 aromatic heterocycles. The Morgan fingerprint density at radius 3 is 1.98 bits per heavy atom. The SMILES string of the molecule is CNC(=O)NC(N)=NCCC[C@@H](NC(=O)C(c1ccccc1)c1ccccc1)C(=O)NCc1ccc(OC(=O)NC)cc1. The van der Waals surface area contributed by atoms with Crippen LogP contribution in [0.15, 0.2) is 89.9 Å². The zero-order chi connectivity index (χ0) is 31.0. The molecule has 0 heterocycles. The molecule has 0 unspecified atom stereocenters. The molecular weight excluding hydrogens is 550 g/mol. The summed E-state index contributed by atoms with van der Waals surface area (Å²) in [5.74, 6) is -1.02. The van der Waals surface area contributed by atoms with Gasteiger partial charge in [0.05, 0.1) is 5.92 Å². The van der Waals surface area contributed by atoms with Gasteiger partial charge in [-0.3, -0.25) is 19.9 Å². The zero-order valence-corrected chi connectivity index (χ0v) is 24.1. The zero-order valence-electron chi connectivity index (χ0n) is 24.1. The number of hydrogen-bond donors (Lipinski definition) is 6. The molecule has 3 rings (SSSR count). The van der Waals surface area contributed by atoms with E-state index in [4.69, 9.17) is 10.5 Å². The summed E-state index contributed by atoms with van der Waals surface area (Å²) in [5, 5.41) is 13.0. The predicted molar refractivity (Wildman–Crippen MR) is 163 cm³/mol. The number of amides is 5. The van der Waals surface area contributed by atoms with Gasteiger partial charge in [0, 0.05) is 27.2 Å². The highest BCUT2D eigenvalue weighted by Crippen LogP contribution is 2.25. The van der Waals surface area contributed by atoms with E-state index in [9.17, 15) is 19.2 Å². The molecule has 0 bridgehead atoms. The Kier molecular flexibility index (Phi) is 12.5. The molecule has 0 aliphatic heterocycles. The summed E-state index contributed by atoms with van der Waals surface area (Å²) in [6.07, 6.45) is 0.0877. The maximum absolute atomic E-state index is 13.7. The van der Waals surface area contributed by atoms with Crippen LogP contribution in [0.25, 0.3) is 0 Å². The summed E-state index contributed by atoms with van der Waals surface area (Å²) in [6.45, 7) is 0.413. The number of aliphatic imine (C=N–C) groups is 1. The van der Waals surface area contributed by atoms with Crippen LogP contribution in [0.4, 0.5) is 9.59 Å². The maximum atomic E-state index is 13.7. The molecule has 7 N–H and O–H groups in total. The molecule has 12 nitrogen and oxygen atoms in total. The van der Waals surface area contributed by atoms with E-state index in [1.165, 1.54) is 14.1 Å². The molecule has 0 aliphatic rings. The topological polar surface area (TPSA) is 176 Å². The second kappa shape index (κ2) is 16.8. The van der Waals surface area contributed by atoms with Crippen LogP contribution in [0, 0.1) is 0 Å². The Morgan fingerprint density at radius 2 is 1.42 bits per heavy atom. The molecule has 3 aromatic carbocycles. The first-order valence-electron chi connectivity index (χ1n) is 13.8. The lowest BCUT2D eigenvalue weighted by Gasteiger charge is -2.23. The number of nitrogens with one attached hydrogen (secondary N) is 5. The van der Waals surface area contributed by atoms with Gasteiger partial charge in [0.25, 0.3) is 0 Å². The van der Waals surface area contributed by atoms with Gasteiger partial charge in [0.1, 0.15) is 11.8 Å². The number of rotatable bonds is 12. The van der Waals surface area contributed by atoms with Crippen LogP contribution in [0.5, 0.6) is 5.75 Å². The fraction of sp³-hybridized carbons (Fsp3) is 0.258. The fourth-order valence-electron chi connectivity index (χ4n) is 4.17. The van der Waals surface area contributed by atoms with Crippen LogP contribution in [0.2, 0.25) is 0 Å². The van der Waals surface area contributed by atoms with Gasteiger partial charge in [0.15, 0.2) is 5.96 Å². The van der Waals surface area contributed by atoms with Crippen LogP contribution in [-0.4, -0.2) is 56.6 Å². The largest absolute Gasteiger partial charge is 0.412 e. The van der Waals surface area contributed by atoms with Crippen molar-refractivity contribution in [3.8, 4) is 5.75 Å². The number of hydrogen-bond acceptors (Lipinski definition) is 6. The number of ether oxygens (including phenoxy) is 1. The molecule has 0 spiro atoms. The van der Waals surface area contributed by atoms with Gasteiger partial charge >= 0.3 is 12.1 Å². The molecule has 0 aliphatic carbocycles. The Balaban J connectivity index is 1.73. The smallest absolute Gasteiger partial charge is 0.410 e. The standard InChI is InChI=1S/C31H37N7O5/c1-33-30(41)38-29(32)35-19-9-14-25(27(39)36-20-21-15-17-24(18-16-21)43-31(42)34-2)37-28(40)26(22-10-5-3-6-11-22)23-12-7-4-8-13-23/h3-8,10-13,15-18,25-26H,9,14,19-20H2,1-2H3,(H,34,42)(H,36,39)(H,37,40)(H4,32,33,35,38,41)/t25-/m1/s1. The van der Waals surface area contributed by atoms with E-state index in [0.29, 0.717) is 12.2 Å². The molecule has 3 aromatic rings. The Bertz CT molecular complexity index is 1340. The van der Waals surface area contributed by atoms with Crippen LogP contribution in [0.3, 0.4) is 0 Å². The van der Waals surface area contributed by atoms with Crippen molar-refractivity contribution < 1.29 is 23.9 Å². The number of nitrogens with zero attached hydrogens (tertiary/aromatic N) is 1. The number of guanidine groups is 1. The normalized spacial score (nSPS) is 11.7. The average molecular weight is 588 g/mol. The average Bonchev–Trinajstić information content (AvgIpc) is 3.03. The van der Waals surface area contributed by atoms with Crippen molar-refractivity contribution in [2.24, 2.45) is 10.7 Å². The lowest BCUT2D eigenvalue weighted by atomic mass is 9.90. The molecular formula is C31H37N7O5. The van der Waals surface area contributed by atoms with Crippen molar-refractivity contribution in [3.05, 3.63) is 102 Å². The summed E-state index contributed by atoms with van der Waals surface area (Å²) in [7, 11) is 2.92. The van der Waals surface area contributed by atoms with E-state index < -0.39 is 24.1 Å². The number of carbonyl (C=O) groups excluding carboxylic acids is 4. The van der Waals surface area contributed by atoms with Gasteiger partial charge < -0.3 is 31.7 Å². The Hall–Kier alpha value is -5.39. The van der Waals surface area contributed by atoms with E-state index in [2.05, 4.69) is 31.6 Å². The quantitative estimate of drug-likeness (QED) is 0.108. The molecule has 0 saturated heterocycles. The van der Waals surface area contributed by atoms with E-state index in [1.807, 2.05) is 60.7 Å². The minimum atomic E-state index is -0.874. The van der Waals surface area contributed by atoms with Crippen LogP contribution < -0.4 is 37.1 Å². The first-order valence-corrected chi connectivity index (χ1v) is 13.8. The van der Waals surface area contributed by atoms with E-state index in [1.54, 1.807) is 24.3 Å². The molecule has 0 fully saturated rings. The molecule has 0 saturated carbocycles. The van der Waals surface area contributed by atoms with Gasteiger partial charge in [0.2, 0.25) is 11.8 Å². The third-order valence-corrected chi connectivity index (χ3v) is 6.37. The highest BCUT2D eigenvalue weighted by Gasteiger charge is 2.27. The van der Waals surface area contributed by atoms with Crippen LogP contribution >= 0.6 is 0 Å². The lowest BCUT2D eigenvalue weighted by molar-refractivity contribution is -0.129. The van der Waals surface area contributed by atoms with E-state index >= 15 is 0 Å². The molecule has 12 heteroatoms. The number of carbonyl (C=O) groups is 4. The van der Waals surface area contributed by atoms with Gasteiger partial charge in [-0.15, -0.1) is 0 Å². The third kappa shape index (κ3) is 10.5. The Morgan fingerprint density at radius 1 is 0.814 bits per heavy atom. The first kappa shape index (κ1) is 32.1. The summed E-state index contributed by atoms with van der Waals surface area (Å²) in [5.41, 5.74) is 8.09. The molecule has 0 radical (unpaired) electrons. The van der Waals surface area contributed by atoms with Crippen molar-refractivity contribution in [2.45, 2.75) is 31.3 Å². The van der Waals surface area contributed by atoms with Crippen molar-refractivity contribution in [1.82, 2.24) is 26.6 Å². The monoisotopic (exact) mass is 587 g/mol. The molecule has 43 heavy (non-hydrogen) atoms. The number of benzene rings is 3. The van der Waals surface area contributed by atoms with Crippen molar-refractivity contribution in [3.63, 3.8) is 0 Å². The van der Waals surface area contributed by atoms with Crippen molar-refractivity contribution >= 4 is 29.9 Å². The van der Waals surface area contributed by atoms with Gasteiger partial charge in [-0.2, -0.15) is 0 Å². The maximum Gasteiger partial charge on any atom is 0.412 e. The summed E-state index contributed by atoms with van der Waals surface area (Å²) >= 11 is 0. The molecule has 226 valence electrons. The van der Waals surface area contributed by atoms with E-state index in [0.717, 1.165) is 16.7 Å². The van der Waals surface area contributed by atoms with Crippen LogP contribution in [-0.2, 0) is 16.1 Å². The minimum Gasteiger partial charge on any atom is -0.410 e. The summed E-state index contributed by atoms with van der Waals surface area (Å²) < 4.78 is 5.09. The highest BCUT2D eigenvalue weighted by atomic mass is 16.5. The minimum absolute atomic E-state index is 0.0542. The van der Waals surface area contributed by atoms with Gasteiger partial charge in [-0.05, 0) is 41.7 Å². The summed E-state index contributed by atoms with van der Waals surface area (Å²) in [6, 6.07) is 24.0. The summed E-state index contributed by atoms with van der Waals surface area (Å²) in [4.78, 5) is 54.1. The van der Waals surface area contributed by atoms with Gasteiger partial charge in [-0.1, -0.05) is 72.8 Å². The van der Waals surface area contributed by atoms with Crippen molar-refractivity contribution in [2.75, 3.05) is 20.6 Å². The first-order chi connectivity index (χ1) is 20.8. The fourth-order valence-corrected chi connectivity index (χ4v) is 4.17.